The number of imidazole rings is 1. The van der Waals surface area contributed by atoms with E-state index in [1.54, 1.807) is 0 Å². The smallest absolute Gasteiger partial charge is 0.106 e. The Kier molecular flexibility index (Phi) is 6.03. The van der Waals surface area contributed by atoms with E-state index in [0.29, 0.717) is 0 Å². The minimum absolute atomic E-state index is 1.05. The standard InChI is InChI=1S/C14H21N3.C2H6/c1-11-6-7-13-14(10-11)17(12(2)15-13)9-5-8-16(3)4;1-2/h6-7,10H,5,8-9H2,1-4H3;1-2H3. The van der Waals surface area contributed by atoms with Crippen molar-refractivity contribution >= 4 is 11.0 Å². The molecule has 1 aromatic carbocycles. The van der Waals surface area contributed by atoms with Crippen molar-refractivity contribution in [2.45, 2.75) is 40.7 Å². The maximum absolute atomic E-state index is 4.60. The molecule has 0 spiro atoms. The largest absolute Gasteiger partial charge is 0.328 e. The summed E-state index contributed by atoms with van der Waals surface area (Å²) < 4.78 is 2.33. The third-order valence-corrected chi connectivity index (χ3v) is 3.08. The van der Waals surface area contributed by atoms with Gasteiger partial charge in [-0.1, -0.05) is 19.9 Å². The van der Waals surface area contributed by atoms with Gasteiger partial charge in [0.15, 0.2) is 0 Å². The molecule has 0 N–H and O–H groups in total. The van der Waals surface area contributed by atoms with Crippen LogP contribution in [0.3, 0.4) is 0 Å². The van der Waals surface area contributed by atoms with Crippen molar-refractivity contribution in [3.8, 4) is 0 Å². The summed E-state index contributed by atoms with van der Waals surface area (Å²) in [6.45, 7) is 10.4. The molecule has 0 saturated carbocycles. The highest BCUT2D eigenvalue weighted by Gasteiger charge is 2.06. The molecular formula is C16H27N3. The van der Waals surface area contributed by atoms with Gasteiger partial charge < -0.3 is 9.47 Å². The minimum Gasteiger partial charge on any atom is -0.328 e. The van der Waals surface area contributed by atoms with Crippen molar-refractivity contribution in [2.24, 2.45) is 0 Å². The predicted octanol–water partition coefficient (Wildman–Crippen LogP) is 3.63. The topological polar surface area (TPSA) is 21.1 Å². The molecule has 106 valence electrons. The Morgan fingerprint density at radius 1 is 1.16 bits per heavy atom. The minimum atomic E-state index is 1.05. The average Bonchev–Trinajstić information content (AvgIpc) is 2.68. The fraction of sp³-hybridized carbons (Fsp3) is 0.562. The van der Waals surface area contributed by atoms with E-state index in [1.807, 2.05) is 13.8 Å². The van der Waals surface area contributed by atoms with E-state index in [1.165, 1.54) is 11.1 Å². The zero-order chi connectivity index (χ0) is 14.4. The second-order valence-electron chi connectivity index (χ2n) is 4.96. The van der Waals surface area contributed by atoms with Gasteiger partial charge in [-0.15, -0.1) is 0 Å². The third kappa shape index (κ3) is 4.06. The lowest BCUT2D eigenvalue weighted by atomic mass is 10.2. The summed E-state index contributed by atoms with van der Waals surface area (Å²) in [6.07, 6.45) is 1.16. The molecule has 3 nitrogen and oxygen atoms in total. The molecule has 0 unspecified atom stereocenters. The number of aromatic nitrogens is 2. The monoisotopic (exact) mass is 261 g/mol. The van der Waals surface area contributed by atoms with E-state index in [2.05, 4.69) is 60.6 Å². The molecule has 0 amide bonds. The number of rotatable bonds is 4. The Morgan fingerprint density at radius 2 is 1.84 bits per heavy atom. The Balaban J connectivity index is 0.000000861. The van der Waals surface area contributed by atoms with E-state index in [9.17, 15) is 0 Å². The first-order chi connectivity index (χ1) is 9.08. The van der Waals surface area contributed by atoms with Gasteiger partial charge in [0, 0.05) is 6.54 Å². The number of benzene rings is 1. The van der Waals surface area contributed by atoms with Crippen LogP contribution in [0.15, 0.2) is 18.2 Å². The second kappa shape index (κ2) is 7.29. The van der Waals surface area contributed by atoms with Gasteiger partial charge in [-0.05, 0) is 58.6 Å². The number of hydrogen-bond acceptors (Lipinski definition) is 2. The molecule has 0 fully saturated rings. The Bertz CT molecular complexity index is 512. The van der Waals surface area contributed by atoms with Crippen LogP contribution in [0.25, 0.3) is 11.0 Å². The van der Waals surface area contributed by atoms with Crippen LogP contribution in [0.5, 0.6) is 0 Å². The van der Waals surface area contributed by atoms with Gasteiger partial charge in [0.05, 0.1) is 11.0 Å². The van der Waals surface area contributed by atoms with Crippen molar-refractivity contribution in [3.05, 3.63) is 29.6 Å². The van der Waals surface area contributed by atoms with Gasteiger partial charge in [0.2, 0.25) is 0 Å². The Morgan fingerprint density at radius 3 is 2.47 bits per heavy atom. The fourth-order valence-electron chi connectivity index (χ4n) is 2.18. The normalized spacial score (nSPS) is 10.7. The molecule has 1 heterocycles. The maximum atomic E-state index is 4.60. The van der Waals surface area contributed by atoms with Gasteiger partial charge in [0.25, 0.3) is 0 Å². The molecule has 0 bridgehead atoms. The molecule has 3 heteroatoms. The first-order valence-electron chi connectivity index (χ1n) is 7.16. The summed E-state index contributed by atoms with van der Waals surface area (Å²) in [5.74, 6) is 1.12. The highest BCUT2D eigenvalue weighted by atomic mass is 15.1. The van der Waals surface area contributed by atoms with E-state index in [0.717, 1.165) is 30.9 Å². The van der Waals surface area contributed by atoms with Crippen molar-refractivity contribution in [3.63, 3.8) is 0 Å². The first-order valence-corrected chi connectivity index (χ1v) is 7.16. The molecule has 19 heavy (non-hydrogen) atoms. The quantitative estimate of drug-likeness (QED) is 0.838. The number of hydrogen-bond donors (Lipinski definition) is 0. The zero-order valence-electron chi connectivity index (χ0n) is 13.2. The van der Waals surface area contributed by atoms with Crippen molar-refractivity contribution in [1.29, 1.82) is 0 Å². The number of fused-ring (bicyclic) bond motifs is 1. The lowest BCUT2D eigenvalue weighted by Gasteiger charge is -2.11. The zero-order valence-corrected chi connectivity index (χ0v) is 13.2. The van der Waals surface area contributed by atoms with E-state index >= 15 is 0 Å². The van der Waals surface area contributed by atoms with Crippen LogP contribution < -0.4 is 0 Å². The van der Waals surface area contributed by atoms with Crippen molar-refractivity contribution in [2.75, 3.05) is 20.6 Å². The predicted molar refractivity (Wildman–Crippen MR) is 83.7 cm³/mol. The highest BCUT2D eigenvalue weighted by Crippen LogP contribution is 2.17. The van der Waals surface area contributed by atoms with Crippen LogP contribution in [-0.4, -0.2) is 35.1 Å². The summed E-state index contributed by atoms with van der Waals surface area (Å²) in [5, 5.41) is 0. The average molecular weight is 261 g/mol. The number of nitrogens with zero attached hydrogens (tertiary/aromatic N) is 3. The van der Waals surface area contributed by atoms with E-state index in [-0.39, 0.29) is 0 Å². The summed E-state index contributed by atoms with van der Waals surface area (Å²) in [6, 6.07) is 6.46. The highest BCUT2D eigenvalue weighted by molar-refractivity contribution is 5.76. The SMILES string of the molecule is CC.Cc1ccc2nc(C)n(CCCN(C)C)c2c1. The first kappa shape index (κ1) is 15.7. The molecule has 2 rings (SSSR count). The summed E-state index contributed by atoms with van der Waals surface area (Å²) in [7, 11) is 4.23. The van der Waals surface area contributed by atoms with Gasteiger partial charge in [-0.3, -0.25) is 0 Å². The number of aryl methyl sites for hydroxylation is 3. The van der Waals surface area contributed by atoms with Crippen LogP contribution in [0.2, 0.25) is 0 Å². The Hall–Kier alpha value is -1.35. The van der Waals surface area contributed by atoms with Gasteiger partial charge in [0.1, 0.15) is 5.82 Å². The summed E-state index contributed by atoms with van der Waals surface area (Å²) >= 11 is 0. The molecule has 2 aromatic rings. The third-order valence-electron chi connectivity index (χ3n) is 3.08. The van der Waals surface area contributed by atoms with E-state index < -0.39 is 0 Å². The lowest BCUT2D eigenvalue weighted by Crippen LogP contribution is -2.15. The molecule has 0 atom stereocenters. The van der Waals surface area contributed by atoms with Crippen LogP contribution in [0.4, 0.5) is 0 Å². The van der Waals surface area contributed by atoms with Crippen LogP contribution in [0.1, 0.15) is 31.7 Å². The molecule has 0 radical (unpaired) electrons. The summed E-state index contributed by atoms with van der Waals surface area (Å²) in [4.78, 5) is 6.82. The molecule has 1 aromatic heterocycles. The van der Waals surface area contributed by atoms with Gasteiger partial charge >= 0.3 is 0 Å². The van der Waals surface area contributed by atoms with Crippen LogP contribution in [-0.2, 0) is 6.54 Å². The maximum Gasteiger partial charge on any atom is 0.106 e. The summed E-state index contributed by atoms with van der Waals surface area (Å²) in [5.41, 5.74) is 3.67. The molecule has 0 saturated heterocycles. The molecule has 0 aliphatic rings. The Labute approximate surface area is 117 Å². The van der Waals surface area contributed by atoms with Crippen molar-refractivity contribution in [1.82, 2.24) is 14.5 Å². The second-order valence-corrected chi connectivity index (χ2v) is 4.96. The van der Waals surface area contributed by atoms with Crippen LogP contribution in [0, 0.1) is 13.8 Å². The molecule has 0 aliphatic carbocycles. The molecule has 0 aliphatic heterocycles. The van der Waals surface area contributed by atoms with Gasteiger partial charge in [-0.2, -0.15) is 0 Å². The fourth-order valence-corrected chi connectivity index (χ4v) is 2.18. The van der Waals surface area contributed by atoms with Crippen LogP contribution >= 0.6 is 0 Å². The van der Waals surface area contributed by atoms with Gasteiger partial charge in [-0.25, -0.2) is 4.98 Å². The van der Waals surface area contributed by atoms with E-state index in [4.69, 9.17) is 0 Å². The lowest BCUT2D eigenvalue weighted by molar-refractivity contribution is 0.387. The molecular weight excluding hydrogens is 234 g/mol. The van der Waals surface area contributed by atoms with Crippen molar-refractivity contribution < 1.29 is 0 Å².